The molecule has 0 bridgehead atoms. The monoisotopic (exact) mass is 303 g/mol. The summed E-state index contributed by atoms with van der Waals surface area (Å²) in [7, 11) is -3.34. The summed E-state index contributed by atoms with van der Waals surface area (Å²) < 4.78 is 31.9. The molecule has 2 rings (SSSR count). The maximum atomic E-state index is 11.9. The molecule has 0 radical (unpaired) electrons. The number of benzene rings is 1. The molecule has 1 aromatic rings. The lowest BCUT2D eigenvalue weighted by molar-refractivity contribution is 0.105. The Morgan fingerprint density at radius 2 is 2.16 bits per heavy atom. The third-order valence-corrected chi connectivity index (χ3v) is 4.82. The molecular formula is C13H18ClNO3S. The third kappa shape index (κ3) is 4.76. The second-order valence-corrected chi connectivity index (χ2v) is 6.88. The van der Waals surface area contributed by atoms with Crippen LogP contribution in [0.25, 0.3) is 0 Å². The van der Waals surface area contributed by atoms with Gasteiger partial charge in [0.2, 0.25) is 10.0 Å². The Morgan fingerprint density at radius 3 is 2.84 bits per heavy atom. The number of halogens is 1. The number of hydrogen-bond acceptors (Lipinski definition) is 3. The first-order valence-corrected chi connectivity index (χ1v) is 8.42. The van der Waals surface area contributed by atoms with Crippen LogP contribution in [0.1, 0.15) is 24.8 Å². The molecule has 1 fully saturated rings. The lowest BCUT2D eigenvalue weighted by atomic mass is 10.2. The summed E-state index contributed by atoms with van der Waals surface area (Å²) in [5.74, 6) is -0.0851. The Hall–Kier alpha value is -0.620. The highest BCUT2D eigenvalue weighted by atomic mass is 35.5. The average molecular weight is 304 g/mol. The number of ether oxygens (including phenoxy) is 1. The van der Waals surface area contributed by atoms with E-state index in [0.717, 1.165) is 25.9 Å². The van der Waals surface area contributed by atoms with E-state index in [-0.39, 0.29) is 11.9 Å². The summed E-state index contributed by atoms with van der Waals surface area (Å²) in [6.07, 6.45) is 3.01. The van der Waals surface area contributed by atoms with Crippen molar-refractivity contribution in [3.63, 3.8) is 0 Å². The van der Waals surface area contributed by atoms with Crippen LogP contribution < -0.4 is 4.72 Å². The highest BCUT2D eigenvalue weighted by molar-refractivity contribution is 7.88. The van der Waals surface area contributed by atoms with Crippen molar-refractivity contribution in [3.05, 3.63) is 34.9 Å². The molecule has 1 heterocycles. The molecule has 1 aliphatic rings. The summed E-state index contributed by atoms with van der Waals surface area (Å²) in [4.78, 5) is 0. The van der Waals surface area contributed by atoms with E-state index < -0.39 is 10.0 Å². The first kappa shape index (κ1) is 14.8. The van der Waals surface area contributed by atoms with Crippen molar-refractivity contribution in [3.8, 4) is 0 Å². The predicted molar refractivity (Wildman–Crippen MR) is 75.7 cm³/mol. The quantitative estimate of drug-likeness (QED) is 0.877. The van der Waals surface area contributed by atoms with Gasteiger partial charge in [-0.15, -0.1) is 0 Å². The smallest absolute Gasteiger partial charge is 0.215 e. The minimum absolute atomic E-state index is 0.0851. The molecule has 1 saturated heterocycles. The zero-order chi connectivity index (χ0) is 13.7. The molecule has 0 aliphatic carbocycles. The molecule has 106 valence electrons. The summed E-state index contributed by atoms with van der Waals surface area (Å²) in [5.41, 5.74) is 0.619. The lowest BCUT2D eigenvalue weighted by Crippen LogP contribution is -2.28. The van der Waals surface area contributed by atoms with Gasteiger partial charge in [-0.3, -0.25) is 0 Å². The van der Waals surface area contributed by atoms with Crippen molar-refractivity contribution in [2.45, 2.75) is 31.1 Å². The van der Waals surface area contributed by atoms with E-state index in [1.54, 1.807) is 24.3 Å². The largest absolute Gasteiger partial charge is 0.378 e. The number of rotatable bonds is 6. The van der Waals surface area contributed by atoms with E-state index in [0.29, 0.717) is 17.1 Å². The molecule has 1 aliphatic heterocycles. The number of sulfonamides is 1. The van der Waals surface area contributed by atoms with Crippen LogP contribution in [0, 0.1) is 0 Å². The second-order valence-electron chi connectivity index (χ2n) is 4.67. The highest BCUT2D eigenvalue weighted by Crippen LogP contribution is 2.18. The maximum absolute atomic E-state index is 11.9. The van der Waals surface area contributed by atoms with Crippen LogP contribution in [-0.2, 0) is 20.5 Å². The van der Waals surface area contributed by atoms with E-state index in [9.17, 15) is 8.42 Å². The standard InChI is InChI=1S/C13H18ClNO3S/c14-13-6-2-1-4-11(13)10-19(16,17)15-8-7-12-5-3-9-18-12/h1-2,4,6,12,15H,3,5,7-10H2. The van der Waals surface area contributed by atoms with Gasteiger partial charge in [0.1, 0.15) is 0 Å². The fourth-order valence-electron chi connectivity index (χ4n) is 2.12. The minimum Gasteiger partial charge on any atom is -0.378 e. The summed E-state index contributed by atoms with van der Waals surface area (Å²) >= 11 is 5.96. The Labute approximate surface area is 119 Å². The first-order valence-electron chi connectivity index (χ1n) is 6.39. The molecule has 19 heavy (non-hydrogen) atoms. The third-order valence-electron chi connectivity index (χ3n) is 3.12. The molecule has 0 aromatic heterocycles. The van der Waals surface area contributed by atoms with Crippen molar-refractivity contribution in [2.75, 3.05) is 13.2 Å². The van der Waals surface area contributed by atoms with Crippen molar-refractivity contribution in [1.82, 2.24) is 4.72 Å². The zero-order valence-corrected chi connectivity index (χ0v) is 12.2. The van der Waals surface area contributed by atoms with Crippen molar-refractivity contribution >= 4 is 21.6 Å². The summed E-state index contributed by atoms with van der Waals surface area (Å²) in [6, 6.07) is 6.98. The Morgan fingerprint density at radius 1 is 1.37 bits per heavy atom. The van der Waals surface area contributed by atoms with Gasteiger partial charge in [-0.1, -0.05) is 29.8 Å². The molecule has 1 N–H and O–H groups in total. The molecular weight excluding hydrogens is 286 g/mol. The second kappa shape index (κ2) is 6.70. The van der Waals surface area contributed by atoms with Crippen LogP contribution in [0.4, 0.5) is 0 Å². The van der Waals surface area contributed by atoms with Gasteiger partial charge in [0.15, 0.2) is 0 Å². The molecule has 1 atom stereocenters. The lowest BCUT2D eigenvalue weighted by Gasteiger charge is -2.11. The topological polar surface area (TPSA) is 55.4 Å². The van der Waals surface area contributed by atoms with Crippen LogP contribution >= 0.6 is 11.6 Å². The molecule has 1 unspecified atom stereocenters. The van der Waals surface area contributed by atoms with E-state index in [1.165, 1.54) is 0 Å². The SMILES string of the molecule is O=S(=O)(Cc1ccccc1Cl)NCCC1CCCO1. The van der Waals surface area contributed by atoms with Crippen LogP contribution in [0.15, 0.2) is 24.3 Å². The first-order chi connectivity index (χ1) is 9.07. The van der Waals surface area contributed by atoms with Gasteiger partial charge in [-0.2, -0.15) is 0 Å². The summed E-state index contributed by atoms with van der Waals surface area (Å²) in [5, 5.41) is 0.479. The number of nitrogens with one attached hydrogen (secondary N) is 1. The maximum Gasteiger partial charge on any atom is 0.215 e. The van der Waals surface area contributed by atoms with Crippen molar-refractivity contribution in [2.24, 2.45) is 0 Å². The highest BCUT2D eigenvalue weighted by Gasteiger charge is 2.17. The van der Waals surface area contributed by atoms with Crippen LogP contribution in [-0.4, -0.2) is 27.7 Å². The average Bonchev–Trinajstić information content (AvgIpc) is 2.85. The molecule has 6 heteroatoms. The van der Waals surface area contributed by atoms with Crippen LogP contribution in [0.2, 0.25) is 5.02 Å². The van der Waals surface area contributed by atoms with E-state index >= 15 is 0 Å². The fourth-order valence-corrected chi connectivity index (χ4v) is 3.59. The van der Waals surface area contributed by atoms with Gasteiger partial charge >= 0.3 is 0 Å². The van der Waals surface area contributed by atoms with Gasteiger partial charge < -0.3 is 4.74 Å². The normalized spacial score (nSPS) is 19.7. The zero-order valence-electron chi connectivity index (χ0n) is 10.6. The Kier molecular flexibility index (Phi) is 5.21. The van der Waals surface area contributed by atoms with E-state index in [4.69, 9.17) is 16.3 Å². The Bertz CT molecular complexity index is 512. The van der Waals surface area contributed by atoms with Gasteiger partial charge in [0.25, 0.3) is 0 Å². The van der Waals surface area contributed by atoms with Gasteiger partial charge in [0, 0.05) is 18.2 Å². The molecule has 4 nitrogen and oxygen atoms in total. The predicted octanol–water partition coefficient (Wildman–Crippen LogP) is 2.33. The van der Waals surface area contributed by atoms with Gasteiger partial charge in [-0.05, 0) is 30.9 Å². The van der Waals surface area contributed by atoms with E-state index in [2.05, 4.69) is 4.72 Å². The van der Waals surface area contributed by atoms with Crippen molar-refractivity contribution < 1.29 is 13.2 Å². The van der Waals surface area contributed by atoms with Crippen LogP contribution in [0.3, 0.4) is 0 Å². The fraction of sp³-hybridized carbons (Fsp3) is 0.538. The molecule has 0 spiro atoms. The molecule has 0 amide bonds. The van der Waals surface area contributed by atoms with Crippen molar-refractivity contribution in [1.29, 1.82) is 0 Å². The van der Waals surface area contributed by atoms with E-state index in [1.807, 2.05) is 0 Å². The molecule has 0 saturated carbocycles. The van der Waals surface area contributed by atoms with Gasteiger partial charge in [-0.25, -0.2) is 13.1 Å². The number of hydrogen-bond donors (Lipinski definition) is 1. The summed E-state index contributed by atoms with van der Waals surface area (Å²) in [6.45, 7) is 1.20. The molecule has 1 aromatic carbocycles. The minimum atomic E-state index is -3.34. The van der Waals surface area contributed by atoms with Crippen LogP contribution in [0.5, 0.6) is 0 Å². The van der Waals surface area contributed by atoms with Gasteiger partial charge in [0.05, 0.1) is 11.9 Å². The Balaban J connectivity index is 1.83.